The molecule has 0 fully saturated rings. The van der Waals surface area contributed by atoms with Gasteiger partial charge in [0.15, 0.2) is 11.4 Å². The van der Waals surface area contributed by atoms with Gasteiger partial charge in [0.05, 0.1) is 29.9 Å². The van der Waals surface area contributed by atoms with Crippen LogP contribution in [0.1, 0.15) is 44.5 Å². The Hall–Kier alpha value is -2.25. The van der Waals surface area contributed by atoms with Gasteiger partial charge in [-0.25, -0.2) is 15.0 Å². The molecule has 3 aromatic rings. The summed E-state index contributed by atoms with van der Waals surface area (Å²) < 4.78 is 12.2. The number of furan rings is 1. The van der Waals surface area contributed by atoms with Gasteiger partial charge in [-0.2, -0.15) is 0 Å². The highest BCUT2D eigenvalue weighted by atomic mass is 16.5. The van der Waals surface area contributed by atoms with Gasteiger partial charge in [-0.15, -0.1) is 0 Å². The van der Waals surface area contributed by atoms with Crippen molar-refractivity contribution in [2.24, 2.45) is 5.92 Å². The topological polar surface area (TPSA) is 93.3 Å². The highest BCUT2D eigenvalue weighted by Gasteiger charge is 2.32. The van der Waals surface area contributed by atoms with Crippen molar-refractivity contribution in [3.05, 3.63) is 23.1 Å². The Kier molecular flexibility index (Phi) is 4.52. The second-order valence-corrected chi connectivity index (χ2v) is 8.17. The molecule has 4 heterocycles. The van der Waals surface area contributed by atoms with Gasteiger partial charge in [0.1, 0.15) is 11.8 Å². The molecular weight excluding hydrogens is 344 g/mol. The zero-order chi connectivity index (χ0) is 19.2. The first-order valence-corrected chi connectivity index (χ1v) is 9.46. The number of nitrogens with one attached hydrogen (secondary N) is 1. The normalized spacial score (nSPS) is 16.2. The minimum atomic E-state index is -0.245. The van der Waals surface area contributed by atoms with Crippen LogP contribution < -0.4 is 5.32 Å². The molecule has 27 heavy (non-hydrogen) atoms. The van der Waals surface area contributed by atoms with Crippen LogP contribution in [0.25, 0.3) is 22.2 Å². The van der Waals surface area contributed by atoms with Crippen LogP contribution >= 0.6 is 0 Å². The molecule has 0 saturated heterocycles. The van der Waals surface area contributed by atoms with Crippen molar-refractivity contribution in [2.45, 2.75) is 52.7 Å². The molecule has 1 aliphatic heterocycles. The highest BCUT2D eigenvalue weighted by Crippen LogP contribution is 2.39. The molecule has 0 radical (unpaired) electrons. The van der Waals surface area contributed by atoms with Crippen molar-refractivity contribution in [3.63, 3.8) is 0 Å². The van der Waals surface area contributed by atoms with Crippen molar-refractivity contribution in [1.29, 1.82) is 0 Å². The Morgan fingerprint density at radius 3 is 2.81 bits per heavy atom. The molecule has 7 heteroatoms. The van der Waals surface area contributed by atoms with Crippen molar-refractivity contribution in [3.8, 4) is 0 Å². The Morgan fingerprint density at radius 2 is 2.07 bits per heavy atom. The predicted molar refractivity (Wildman–Crippen MR) is 104 cm³/mol. The molecule has 0 aliphatic carbocycles. The lowest BCUT2D eigenvalue weighted by Gasteiger charge is -2.33. The fourth-order valence-corrected chi connectivity index (χ4v) is 3.73. The van der Waals surface area contributed by atoms with Gasteiger partial charge >= 0.3 is 0 Å². The van der Waals surface area contributed by atoms with Crippen LogP contribution in [0.2, 0.25) is 0 Å². The van der Waals surface area contributed by atoms with E-state index < -0.39 is 0 Å². The first-order valence-electron chi connectivity index (χ1n) is 9.46. The minimum Gasteiger partial charge on any atom is -0.432 e. The second-order valence-electron chi connectivity index (χ2n) is 8.17. The van der Waals surface area contributed by atoms with Gasteiger partial charge < -0.3 is 19.6 Å². The number of nitrogens with zero attached hydrogens (tertiary/aromatic N) is 3. The number of aliphatic hydroxyl groups excluding tert-OH is 1. The molecule has 0 unspecified atom stereocenters. The zero-order valence-corrected chi connectivity index (χ0v) is 16.3. The number of anilines is 1. The monoisotopic (exact) mass is 370 g/mol. The third kappa shape index (κ3) is 3.26. The average Bonchev–Trinajstić information content (AvgIpc) is 2.97. The van der Waals surface area contributed by atoms with Crippen LogP contribution in [0, 0.1) is 5.92 Å². The molecule has 3 aromatic heterocycles. The molecule has 1 aliphatic rings. The summed E-state index contributed by atoms with van der Waals surface area (Å²) in [5.41, 5.74) is 5.13. The minimum absolute atomic E-state index is 0.0173. The van der Waals surface area contributed by atoms with E-state index >= 15 is 0 Å². The van der Waals surface area contributed by atoms with Crippen LogP contribution in [-0.2, 0) is 24.2 Å². The van der Waals surface area contributed by atoms with Crippen LogP contribution in [0.15, 0.2) is 10.7 Å². The number of aromatic nitrogens is 3. The van der Waals surface area contributed by atoms with Gasteiger partial charge in [-0.05, 0) is 31.7 Å². The summed E-state index contributed by atoms with van der Waals surface area (Å²) in [5, 5.41) is 13.2. The Balaban J connectivity index is 1.99. The lowest BCUT2D eigenvalue weighted by atomic mass is 9.88. The Labute approximate surface area is 158 Å². The van der Waals surface area contributed by atoms with Crippen LogP contribution in [0.4, 0.5) is 5.82 Å². The van der Waals surface area contributed by atoms with Crippen LogP contribution in [0.5, 0.6) is 0 Å². The van der Waals surface area contributed by atoms with E-state index in [2.05, 4.69) is 43.0 Å². The summed E-state index contributed by atoms with van der Waals surface area (Å²) in [6.07, 6.45) is 3.18. The van der Waals surface area contributed by atoms with E-state index in [1.165, 1.54) is 17.5 Å². The van der Waals surface area contributed by atoms with Crippen molar-refractivity contribution in [2.75, 3.05) is 18.5 Å². The number of aliphatic hydroxyl groups is 1. The molecule has 0 aromatic carbocycles. The Morgan fingerprint density at radius 1 is 1.26 bits per heavy atom. The summed E-state index contributed by atoms with van der Waals surface area (Å²) in [7, 11) is 0. The van der Waals surface area contributed by atoms with Crippen molar-refractivity contribution < 1.29 is 14.3 Å². The lowest BCUT2D eigenvalue weighted by molar-refractivity contribution is -0.0402. The molecule has 4 rings (SSSR count). The molecule has 2 N–H and O–H groups in total. The molecule has 0 amide bonds. The number of ether oxygens (including phenoxy) is 1. The molecule has 0 atom stereocenters. The maximum Gasteiger partial charge on any atom is 0.229 e. The number of rotatable bonds is 5. The number of pyridine rings is 1. The third-order valence-electron chi connectivity index (χ3n) is 4.92. The fourth-order valence-electron chi connectivity index (χ4n) is 3.73. The standard InChI is InChI=1S/C20H26N4O3/c1-11(2)7-14-13-9-26-20(3,4)8-12(13)15-16-17(27-19(15)24-14)18(21-5-6-25)23-10-22-16/h10-11,25H,5-9H2,1-4H3,(H,21,22,23). The average molecular weight is 370 g/mol. The molecule has 144 valence electrons. The van der Waals surface area contributed by atoms with E-state index in [-0.39, 0.29) is 12.2 Å². The number of hydrogen-bond acceptors (Lipinski definition) is 7. The third-order valence-corrected chi connectivity index (χ3v) is 4.92. The summed E-state index contributed by atoms with van der Waals surface area (Å²) in [4.78, 5) is 13.6. The van der Waals surface area contributed by atoms with Gasteiger partial charge in [-0.3, -0.25) is 0 Å². The van der Waals surface area contributed by atoms with Gasteiger partial charge in [0.25, 0.3) is 0 Å². The summed E-state index contributed by atoms with van der Waals surface area (Å²) >= 11 is 0. The highest BCUT2D eigenvalue weighted by molar-refractivity contribution is 6.06. The lowest BCUT2D eigenvalue weighted by Crippen LogP contribution is -2.33. The van der Waals surface area contributed by atoms with Crippen LogP contribution in [0.3, 0.4) is 0 Å². The largest absolute Gasteiger partial charge is 0.432 e. The van der Waals surface area contributed by atoms with Gasteiger partial charge in [-0.1, -0.05) is 13.8 Å². The van der Waals surface area contributed by atoms with E-state index in [9.17, 15) is 0 Å². The summed E-state index contributed by atoms with van der Waals surface area (Å²) in [6.45, 7) is 9.56. The summed E-state index contributed by atoms with van der Waals surface area (Å²) in [5.74, 6) is 1.07. The second kappa shape index (κ2) is 6.73. The first-order chi connectivity index (χ1) is 12.9. The van der Waals surface area contributed by atoms with Gasteiger partial charge in [0, 0.05) is 18.5 Å². The molecule has 7 nitrogen and oxygen atoms in total. The number of hydrogen-bond donors (Lipinski definition) is 2. The van der Waals surface area contributed by atoms with E-state index in [0.29, 0.717) is 36.2 Å². The molecule has 0 saturated carbocycles. The maximum absolute atomic E-state index is 9.11. The van der Waals surface area contributed by atoms with E-state index in [1.54, 1.807) is 0 Å². The molecular formula is C20H26N4O3. The van der Waals surface area contributed by atoms with Gasteiger partial charge in [0.2, 0.25) is 5.71 Å². The number of fused-ring (bicyclic) bond motifs is 5. The SMILES string of the molecule is CC(C)Cc1nc2oc3c(NCCO)ncnc3c2c2c1COC(C)(C)C2. The summed E-state index contributed by atoms with van der Waals surface area (Å²) in [6, 6.07) is 0. The molecule has 0 bridgehead atoms. The van der Waals surface area contributed by atoms with E-state index in [1.807, 2.05) is 0 Å². The van der Waals surface area contributed by atoms with E-state index in [0.717, 1.165) is 29.4 Å². The smallest absolute Gasteiger partial charge is 0.229 e. The predicted octanol–water partition coefficient (Wildman–Crippen LogP) is 3.23. The quantitative estimate of drug-likeness (QED) is 0.712. The molecule has 0 spiro atoms. The van der Waals surface area contributed by atoms with Crippen LogP contribution in [-0.4, -0.2) is 38.8 Å². The van der Waals surface area contributed by atoms with Crippen molar-refractivity contribution >= 4 is 28.0 Å². The van der Waals surface area contributed by atoms with Crippen molar-refractivity contribution in [1.82, 2.24) is 15.0 Å². The Bertz CT molecular complexity index is 994. The first kappa shape index (κ1) is 18.1. The van der Waals surface area contributed by atoms with E-state index in [4.69, 9.17) is 19.2 Å². The fraction of sp³-hybridized carbons (Fsp3) is 0.550. The maximum atomic E-state index is 9.11. The zero-order valence-electron chi connectivity index (χ0n) is 16.3.